The SMILES string of the molecule is CCn1cc(NC(=O)C2CN(C(=O)CCn3ccc(C)n3)CCO2)c(C)n1. The number of nitrogens with zero attached hydrogens (tertiary/aromatic N) is 5. The standard InChI is InChI=1S/C18H26N6O3/c1-4-23-11-15(14(3)21-23)19-18(26)16-12-22(9-10-27-16)17(25)6-8-24-7-5-13(2)20-24/h5,7,11,16H,4,6,8-10,12H2,1-3H3,(H,19,26). The first kappa shape index (κ1) is 19.1. The van der Waals surface area contributed by atoms with Gasteiger partial charge in [-0.3, -0.25) is 19.0 Å². The Morgan fingerprint density at radius 2 is 2.11 bits per heavy atom. The monoisotopic (exact) mass is 374 g/mol. The molecule has 0 spiro atoms. The Labute approximate surface area is 158 Å². The van der Waals surface area contributed by atoms with E-state index in [1.165, 1.54) is 0 Å². The molecule has 0 aliphatic carbocycles. The summed E-state index contributed by atoms with van der Waals surface area (Å²) >= 11 is 0. The molecular weight excluding hydrogens is 348 g/mol. The van der Waals surface area contributed by atoms with E-state index >= 15 is 0 Å². The average Bonchev–Trinajstić information content (AvgIpc) is 3.25. The summed E-state index contributed by atoms with van der Waals surface area (Å²) in [5.74, 6) is -0.256. The molecule has 3 rings (SSSR count). The van der Waals surface area contributed by atoms with Gasteiger partial charge in [0.2, 0.25) is 5.91 Å². The second kappa shape index (κ2) is 8.34. The van der Waals surface area contributed by atoms with Crippen LogP contribution in [0.2, 0.25) is 0 Å². The van der Waals surface area contributed by atoms with Gasteiger partial charge in [0.25, 0.3) is 5.91 Å². The molecule has 3 heterocycles. The zero-order valence-electron chi connectivity index (χ0n) is 16.0. The first-order valence-electron chi connectivity index (χ1n) is 9.20. The maximum atomic E-state index is 12.5. The molecule has 27 heavy (non-hydrogen) atoms. The zero-order valence-corrected chi connectivity index (χ0v) is 16.0. The first-order valence-corrected chi connectivity index (χ1v) is 9.20. The fraction of sp³-hybridized carbons (Fsp3) is 0.556. The van der Waals surface area contributed by atoms with Crippen molar-refractivity contribution >= 4 is 17.5 Å². The van der Waals surface area contributed by atoms with Crippen molar-refractivity contribution in [2.24, 2.45) is 0 Å². The number of carbonyl (C=O) groups excluding carboxylic acids is 2. The van der Waals surface area contributed by atoms with Crippen LogP contribution in [-0.2, 0) is 27.4 Å². The molecule has 146 valence electrons. The van der Waals surface area contributed by atoms with E-state index in [4.69, 9.17) is 4.74 Å². The lowest BCUT2D eigenvalue weighted by atomic mass is 10.2. The van der Waals surface area contributed by atoms with Crippen LogP contribution in [-0.4, -0.2) is 62.1 Å². The molecule has 0 saturated carbocycles. The maximum Gasteiger partial charge on any atom is 0.255 e. The highest BCUT2D eigenvalue weighted by Gasteiger charge is 2.29. The van der Waals surface area contributed by atoms with E-state index in [9.17, 15) is 9.59 Å². The number of hydrogen-bond acceptors (Lipinski definition) is 5. The van der Waals surface area contributed by atoms with Crippen LogP contribution >= 0.6 is 0 Å². The number of hydrogen-bond donors (Lipinski definition) is 1. The highest BCUT2D eigenvalue weighted by molar-refractivity contribution is 5.95. The minimum absolute atomic E-state index is 0.000707. The molecule has 1 atom stereocenters. The summed E-state index contributed by atoms with van der Waals surface area (Å²) in [6, 6.07) is 1.91. The Hall–Kier alpha value is -2.68. The minimum Gasteiger partial charge on any atom is -0.365 e. The van der Waals surface area contributed by atoms with Crippen LogP contribution in [0, 0.1) is 13.8 Å². The molecule has 0 radical (unpaired) electrons. The molecule has 1 unspecified atom stereocenters. The van der Waals surface area contributed by atoms with Crippen LogP contribution in [0.25, 0.3) is 0 Å². The Balaban J connectivity index is 1.53. The van der Waals surface area contributed by atoms with Gasteiger partial charge in [-0.2, -0.15) is 10.2 Å². The first-order chi connectivity index (χ1) is 13.0. The lowest BCUT2D eigenvalue weighted by molar-refractivity contribution is -0.144. The molecule has 1 N–H and O–H groups in total. The summed E-state index contributed by atoms with van der Waals surface area (Å²) < 4.78 is 9.10. The number of amides is 2. The van der Waals surface area contributed by atoms with Crippen molar-refractivity contribution in [2.45, 2.75) is 46.4 Å². The van der Waals surface area contributed by atoms with Crippen molar-refractivity contribution in [1.82, 2.24) is 24.5 Å². The van der Waals surface area contributed by atoms with Gasteiger partial charge >= 0.3 is 0 Å². The Morgan fingerprint density at radius 3 is 2.78 bits per heavy atom. The molecule has 0 aromatic carbocycles. The van der Waals surface area contributed by atoms with Gasteiger partial charge < -0.3 is 15.0 Å². The summed E-state index contributed by atoms with van der Waals surface area (Å²) in [4.78, 5) is 26.7. The third kappa shape index (κ3) is 4.73. The number of morpholine rings is 1. The highest BCUT2D eigenvalue weighted by atomic mass is 16.5. The summed E-state index contributed by atoms with van der Waals surface area (Å²) in [6.07, 6.45) is 3.32. The van der Waals surface area contributed by atoms with Crippen molar-refractivity contribution < 1.29 is 14.3 Å². The quantitative estimate of drug-likeness (QED) is 0.813. The summed E-state index contributed by atoms with van der Waals surface area (Å²) in [5.41, 5.74) is 2.35. The number of anilines is 1. The molecule has 2 aromatic rings. The third-order valence-corrected chi connectivity index (χ3v) is 4.57. The topological polar surface area (TPSA) is 94.3 Å². The molecule has 2 aromatic heterocycles. The average molecular weight is 374 g/mol. The van der Waals surface area contributed by atoms with Gasteiger partial charge in [0.15, 0.2) is 6.10 Å². The van der Waals surface area contributed by atoms with Crippen LogP contribution < -0.4 is 5.32 Å². The van der Waals surface area contributed by atoms with Gasteiger partial charge in [0.1, 0.15) is 0 Å². The molecule has 1 aliphatic heterocycles. The lowest BCUT2D eigenvalue weighted by Gasteiger charge is -2.32. The lowest BCUT2D eigenvalue weighted by Crippen LogP contribution is -2.50. The predicted octanol–water partition coefficient (Wildman–Crippen LogP) is 0.973. The number of rotatable bonds is 6. The number of carbonyl (C=O) groups is 2. The van der Waals surface area contributed by atoms with E-state index in [0.717, 1.165) is 17.9 Å². The van der Waals surface area contributed by atoms with Gasteiger partial charge in [-0.15, -0.1) is 0 Å². The fourth-order valence-electron chi connectivity index (χ4n) is 3.01. The second-order valence-corrected chi connectivity index (χ2v) is 6.64. The van der Waals surface area contributed by atoms with Gasteiger partial charge in [-0.05, 0) is 26.8 Å². The Morgan fingerprint density at radius 1 is 1.30 bits per heavy atom. The number of aromatic nitrogens is 4. The van der Waals surface area contributed by atoms with E-state index in [0.29, 0.717) is 31.8 Å². The number of nitrogens with one attached hydrogen (secondary N) is 1. The van der Waals surface area contributed by atoms with Crippen molar-refractivity contribution in [3.8, 4) is 0 Å². The van der Waals surface area contributed by atoms with Crippen LogP contribution in [0.3, 0.4) is 0 Å². The molecule has 0 bridgehead atoms. The second-order valence-electron chi connectivity index (χ2n) is 6.64. The molecule has 9 nitrogen and oxygen atoms in total. The van der Waals surface area contributed by atoms with Gasteiger partial charge in [0, 0.05) is 38.4 Å². The van der Waals surface area contributed by atoms with E-state index in [1.807, 2.05) is 33.0 Å². The van der Waals surface area contributed by atoms with E-state index in [2.05, 4.69) is 15.5 Å². The maximum absolute atomic E-state index is 12.5. The van der Waals surface area contributed by atoms with Crippen LogP contribution in [0.5, 0.6) is 0 Å². The Bertz CT molecular complexity index is 812. The highest BCUT2D eigenvalue weighted by Crippen LogP contribution is 2.15. The van der Waals surface area contributed by atoms with E-state index < -0.39 is 6.10 Å². The Kier molecular flexibility index (Phi) is 5.90. The van der Waals surface area contributed by atoms with Crippen molar-refractivity contribution in [1.29, 1.82) is 0 Å². The number of ether oxygens (including phenoxy) is 1. The van der Waals surface area contributed by atoms with Crippen LogP contribution in [0.15, 0.2) is 18.5 Å². The van der Waals surface area contributed by atoms with E-state index in [1.54, 1.807) is 20.5 Å². The summed E-state index contributed by atoms with van der Waals surface area (Å²) in [7, 11) is 0. The van der Waals surface area contributed by atoms with Crippen molar-refractivity contribution in [3.05, 3.63) is 29.8 Å². The predicted molar refractivity (Wildman–Crippen MR) is 99.2 cm³/mol. The largest absolute Gasteiger partial charge is 0.365 e. The molecule has 9 heteroatoms. The molecular formula is C18H26N6O3. The molecule has 1 fully saturated rings. The normalized spacial score (nSPS) is 17.1. The van der Waals surface area contributed by atoms with Crippen molar-refractivity contribution in [3.63, 3.8) is 0 Å². The molecule has 2 amide bonds. The summed E-state index contributed by atoms with van der Waals surface area (Å²) in [5, 5.41) is 11.5. The van der Waals surface area contributed by atoms with Gasteiger partial charge in [-0.1, -0.05) is 0 Å². The smallest absolute Gasteiger partial charge is 0.255 e. The van der Waals surface area contributed by atoms with Crippen LogP contribution in [0.1, 0.15) is 24.7 Å². The summed E-state index contributed by atoms with van der Waals surface area (Å²) in [6.45, 7) is 8.09. The third-order valence-electron chi connectivity index (χ3n) is 4.57. The van der Waals surface area contributed by atoms with E-state index in [-0.39, 0.29) is 18.4 Å². The van der Waals surface area contributed by atoms with Crippen LogP contribution in [0.4, 0.5) is 5.69 Å². The van der Waals surface area contributed by atoms with Crippen molar-refractivity contribution in [2.75, 3.05) is 25.0 Å². The minimum atomic E-state index is -0.681. The number of aryl methyl sites for hydroxylation is 4. The molecule has 1 aliphatic rings. The molecule has 1 saturated heterocycles. The van der Waals surface area contributed by atoms with Gasteiger partial charge in [-0.25, -0.2) is 0 Å². The van der Waals surface area contributed by atoms with Gasteiger partial charge in [0.05, 0.1) is 30.2 Å². The zero-order chi connectivity index (χ0) is 19.4. The fourth-order valence-corrected chi connectivity index (χ4v) is 3.01.